The monoisotopic (exact) mass is 258 g/mol. The molecule has 0 bridgehead atoms. The second-order valence-electron chi connectivity index (χ2n) is 4.62. The van der Waals surface area contributed by atoms with E-state index in [1.165, 1.54) is 10.5 Å². The van der Waals surface area contributed by atoms with Crippen molar-refractivity contribution in [2.45, 2.75) is 37.9 Å². The summed E-state index contributed by atoms with van der Waals surface area (Å²) in [7, 11) is -3.43. The van der Waals surface area contributed by atoms with Crippen molar-refractivity contribution in [3.63, 3.8) is 0 Å². The summed E-state index contributed by atoms with van der Waals surface area (Å²) in [6, 6.07) is 0.329. The highest BCUT2D eigenvalue weighted by atomic mass is 32.2. The Balaban J connectivity index is 2.26. The van der Waals surface area contributed by atoms with E-state index < -0.39 is 10.0 Å². The fraction of sp³-hybridized carbons (Fsp3) is 0.700. The summed E-state index contributed by atoms with van der Waals surface area (Å²) in [5.41, 5.74) is 0. The third-order valence-electron chi connectivity index (χ3n) is 2.82. The Morgan fingerprint density at radius 2 is 1.94 bits per heavy atom. The molecule has 1 saturated heterocycles. The second-order valence-corrected chi connectivity index (χ2v) is 6.53. The number of H-pyrrole nitrogens is 1. The Bertz CT molecular complexity index is 486. The third-order valence-corrected chi connectivity index (χ3v) is 4.56. The number of piperazine rings is 1. The van der Waals surface area contributed by atoms with Gasteiger partial charge in [-0.05, 0) is 20.8 Å². The van der Waals surface area contributed by atoms with E-state index in [4.69, 9.17) is 0 Å². The number of sulfonamides is 1. The molecule has 1 fully saturated rings. The van der Waals surface area contributed by atoms with Gasteiger partial charge in [0.2, 0.25) is 0 Å². The van der Waals surface area contributed by atoms with E-state index in [0.29, 0.717) is 18.9 Å². The third kappa shape index (κ3) is 2.51. The average molecular weight is 258 g/mol. The minimum absolute atomic E-state index is 0.164. The van der Waals surface area contributed by atoms with Crippen LogP contribution < -0.4 is 5.32 Å². The van der Waals surface area contributed by atoms with Crippen LogP contribution in [0.3, 0.4) is 0 Å². The molecular formula is C10H18N4O2S. The Kier molecular flexibility index (Phi) is 3.24. The van der Waals surface area contributed by atoms with Gasteiger partial charge in [0.15, 0.2) is 5.03 Å². The lowest BCUT2D eigenvalue weighted by Crippen LogP contribution is -2.55. The van der Waals surface area contributed by atoms with E-state index >= 15 is 0 Å². The largest absolute Gasteiger partial charge is 0.332 e. The average Bonchev–Trinajstić information content (AvgIpc) is 2.64. The van der Waals surface area contributed by atoms with E-state index in [1.807, 2.05) is 13.8 Å². The van der Waals surface area contributed by atoms with Crippen LogP contribution in [-0.4, -0.2) is 47.9 Å². The van der Waals surface area contributed by atoms with Crippen molar-refractivity contribution in [3.8, 4) is 0 Å². The van der Waals surface area contributed by atoms with Gasteiger partial charge >= 0.3 is 0 Å². The van der Waals surface area contributed by atoms with Crippen LogP contribution in [0.4, 0.5) is 0 Å². The molecule has 0 radical (unpaired) electrons. The molecule has 2 N–H and O–H groups in total. The summed E-state index contributed by atoms with van der Waals surface area (Å²) >= 11 is 0. The molecule has 0 spiro atoms. The summed E-state index contributed by atoms with van der Waals surface area (Å²) in [5, 5.41) is 3.48. The number of hydrogen-bond acceptors (Lipinski definition) is 4. The number of aromatic nitrogens is 2. The predicted molar refractivity (Wildman–Crippen MR) is 64.1 cm³/mol. The number of aromatic amines is 1. The van der Waals surface area contributed by atoms with E-state index in [9.17, 15) is 8.42 Å². The van der Waals surface area contributed by atoms with Crippen LogP contribution in [0, 0.1) is 6.92 Å². The highest BCUT2D eigenvalue weighted by Gasteiger charge is 2.32. The fourth-order valence-corrected chi connectivity index (χ4v) is 3.72. The van der Waals surface area contributed by atoms with Crippen molar-refractivity contribution in [1.29, 1.82) is 0 Å². The predicted octanol–water partition coefficient (Wildman–Crippen LogP) is 0.0890. The number of nitrogens with zero attached hydrogens (tertiary/aromatic N) is 2. The Hall–Kier alpha value is -0.920. The van der Waals surface area contributed by atoms with Crippen molar-refractivity contribution < 1.29 is 8.42 Å². The lowest BCUT2D eigenvalue weighted by atomic mass is 10.2. The minimum atomic E-state index is -3.43. The first-order valence-corrected chi connectivity index (χ1v) is 7.11. The summed E-state index contributed by atoms with van der Waals surface area (Å²) < 4.78 is 26.1. The molecule has 2 unspecified atom stereocenters. The molecule has 17 heavy (non-hydrogen) atoms. The quantitative estimate of drug-likeness (QED) is 0.788. The van der Waals surface area contributed by atoms with Gasteiger partial charge in [-0.1, -0.05) is 0 Å². The molecule has 96 valence electrons. The normalized spacial score (nSPS) is 27.2. The van der Waals surface area contributed by atoms with Crippen LogP contribution in [0.15, 0.2) is 11.2 Å². The number of nitrogens with one attached hydrogen (secondary N) is 2. The molecule has 2 atom stereocenters. The molecule has 0 aliphatic carbocycles. The van der Waals surface area contributed by atoms with Gasteiger partial charge in [0.1, 0.15) is 5.82 Å². The lowest BCUT2D eigenvalue weighted by Gasteiger charge is -2.34. The van der Waals surface area contributed by atoms with Gasteiger partial charge in [-0.3, -0.25) is 0 Å². The van der Waals surface area contributed by atoms with Crippen LogP contribution in [0.5, 0.6) is 0 Å². The van der Waals surface area contributed by atoms with Crippen molar-refractivity contribution in [2.75, 3.05) is 13.1 Å². The maximum Gasteiger partial charge on any atom is 0.260 e. The molecule has 1 aromatic heterocycles. The maximum absolute atomic E-state index is 12.3. The van der Waals surface area contributed by atoms with Gasteiger partial charge in [0.25, 0.3) is 10.0 Å². The molecule has 2 heterocycles. The fourth-order valence-electron chi connectivity index (χ4n) is 2.14. The highest BCUT2D eigenvalue weighted by Crippen LogP contribution is 2.16. The zero-order valence-electron chi connectivity index (χ0n) is 10.3. The number of imidazole rings is 1. The summed E-state index contributed by atoms with van der Waals surface area (Å²) in [5.74, 6) is 0.611. The maximum atomic E-state index is 12.3. The van der Waals surface area contributed by atoms with E-state index in [-0.39, 0.29) is 17.1 Å². The molecule has 1 aliphatic heterocycles. The molecule has 0 saturated carbocycles. The van der Waals surface area contributed by atoms with Gasteiger partial charge in [0.05, 0.1) is 6.20 Å². The van der Waals surface area contributed by atoms with Crippen LogP contribution in [0.2, 0.25) is 0 Å². The number of rotatable bonds is 2. The topological polar surface area (TPSA) is 78.1 Å². The van der Waals surface area contributed by atoms with Gasteiger partial charge in [-0.15, -0.1) is 0 Å². The molecule has 0 aromatic carbocycles. The zero-order chi connectivity index (χ0) is 12.6. The molecule has 1 aliphatic rings. The number of hydrogen-bond donors (Lipinski definition) is 2. The SMILES string of the molecule is Cc1ncc(S(=O)(=O)N2CC(C)NC(C)C2)[nH]1. The van der Waals surface area contributed by atoms with Crippen molar-refractivity contribution in [2.24, 2.45) is 0 Å². The molecule has 1 aromatic rings. The van der Waals surface area contributed by atoms with E-state index in [1.54, 1.807) is 6.92 Å². The first-order chi connectivity index (χ1) is 7.89. The zero-order valence-corrected chi connectivity index (χ0v) is 11.1. The summed E-state index contributed by atoms with van der Waals surface area (Å²) in [4.78, 5) is 6.72. The standard InChI is InChI=1S/C10H18N4O2S/c1-7-5-14(6-8(2)12-7)17(15,16)10-4-11-9(3)13-10/h4,7-8,12H,5-6H2,1-3H3,(H,11,13). The van der Waals surface area contributed by atoms with E-state index in [0.717, 1.165) is 0 Å². The first kappa shape index (κ1) is 12.5. The molecule has 2 rings (SSSR count). The molecule has 7 heteroatoms. The van der Waals surface area contributed by atoms with Gasteiger partial charge in [0, 0.05) is 25.2 Å². The van der Waals surface area contributed by atoms with Crippen molar-refractivity contribution in [1.82, 2.24) is 19.6 Å². The Labute approximate surface area is 101 Å². The summed E-state index contributed by atoms with van der Waals surface area (Å²) in [6.07, 6.45) is 1.38. The highest BCUT2D eigenvalue weighted by molar-refractivity contribution is 7.89. The van der Waals surface area contributed by atoms with Gasteiger partial charge in [-0.25, -0.2) is 13.4 Å². The Morgan fingerprint density at radius 1 is 1.35 bits per heavy atom. The Morgan fingerprint density at radius 3 is 2.41 bits per heavy atom. The van der Waals surface area contributed by atoms with Crippen LogP contribution >= 0.6 is 0 Å². The second kappa shape index (κ2) is 4.40. The lowest BCUT2D eigenvalue weighted by molar-refractivity contribution is 0.262. The number of aryl methyl sites for hydroxylation is 1. The molecular weight excluding hydrogens is 240 g/mol. The van der Waals surface area contributed by atoms with Gasteiger partial charge in [-0.2, -0.15) is 4.31 Å². The minimum Gasteiger partial charge on any atom is -0.332 e. The van der Waals surface area contributed by atoms with Crippen molar-refractivity contribution >= 4 is 10.0 Å². The van der Waals surface area contributed by atoms with Gasteiger partial charge < -0.3 is 10.3 Å². The molecule has 0 amide bonds. The van der Waals surface area contributed by atoms with Crippen LogP contribution in [0.25, 0.3) is 0 Å². The van der Waals surface area contributed by atoms with Crippen molar-refractivity contribution in [3.05, 3.63) is 12.0 Å². The van der Waals surface area contributed by atoms with Crippen LogP contribution in [0.1, 0.15) is 19.7 Å². The summed E-state index contributed by atoms with van der Waals surface area (Å²) in [6.45, 7) is 6.68. The van der Waals surface area contributed by atoms with Crippen LogP contribution in [-0.2, 0) is 10.0 Å². The molecule has 6 nitrogen and oxygen atoms in total. The smallest absolute Gasteiger partial charge is 0.260 e. The first-order valence-electron chi connectivity index (χ1n) is 5.67. The van der Waals surface area contributed by atoms with E-state index in [2.05, 4.69) is 15.3 Å².